The molecule has 11 heavy (non-hydrogen) atoms. The topological polar surface area (TPSA) is 35.5 Å². The Morgan fingerprint density at radius 2 is 2.45 bits per heavy atom. The fourth-order valence-corrected chi connectivity index (χ4v) is 1.16. The van der Waals surface area contributed by atoms with Gasteiger partial charge in [-0.2, -0.15) is 0 Å². The van der Waals surface area contributed by atoms with Gasteiger partial charge in [-0.1, -0.05) is 0 Å². The highest BCUT2D eigenvalue weighted by atomic mass is 16.6. The average Bonchev–Trinajstić information content (AvgIpc) is 2.28. The molecule has 0 aliphatic carbocycles. The molecule has 0 aromatic heterocycles. The van der Waals surface area contributed by atoms with Crippen LogP contribution >= 0.6 is 0 Å². The summed E-state index contributed by atoms with van der Waals surface area (Å²) in [5.74, 6) is -0.104. The van der Waals surface area contributed by atoms with Crippen LogP contribution in [-0.2, 0) is 14.3 Å². The summed E-state index contributed by atoms with van der Waals surface area (Å²) in [5.41, 5.74) is -0.354. The molecule has 0 N–H and O–H groups in total. The van der Waals surface area contributed by atoms with Crippen LogP contribution in [0.15, 0.2) is 0 Å². The molecule has 1 aliphatic heterocycles. The van der Waals surface area contributed by atoms with Crippen LogP contribution in [0, 0.1) is 0 Å². The Balaban J connectivity index is 2.35. The maximum Gasteiger partial charge on any atom is 0.306 e. The van der Waals surface area contributed by atoms with Crippen LogP contribution in [-0.4, -0.2) is 24.8 Å². The van der Waals surface area contributed by atoms with E-state index >= 15 is 0 Å². The first-order chi connectivity index (χ1) is 5.16. The fourth-order valence-electron chi connectivity index (χ4n) is 1.16. The average molecular weight is 158 g/mol. The quantitative estimate of drug-likeness (QED) is 0.577. The smallest absolute Gasteiger partial charge is 0.306 e. The van der Waals surface area contributed by atoms with Crippen LogP contribution in [0.2, 0.25) is 0 Å². The number of esters is 1. The number of hydrogen-bond donors (Lipinski definition) is 0. The highest BCUT2D eigenvalue weighted by Gasteiger charge is 2.35. The molecule has 3 heteroatoms. The second-order valence-corrected chi connectivity index (χ2v) is 3.06. The molecule has 0 bridgehead atoms. The molecule has 0 spiro atoms. The summed E-state index contributed by atoms with van der Waals surface area (Å²) in [7, 11) is 0. The van der Waals surface area contributed by atoms with Crippen molar-refractivity contribution in [3.05, 3.63) is 0 Å². The zero-order valence-electron chi connectivity index (χ0n) is 7.05. The Morgan fingerprint density at radius 3 is 2.91 bits per heavy atom. The van der Waals surface area contributed by atoms with Gasteiger partial charge in [-0.25, -0.2) is 0 Å². The zero-order chi connectivity index (χ0) is 8.32. The summed E-state index contributed by atoms with van der Waals surface area (Å²) >= 11 is 0. The van der Waals surface area contributed by atoms with Crippen molar-refractivity contribution < 1.29 is 14.3 Å². The van der Waals surface area contributed by atoms with Crippen molar-refractivity contribution in [2.24, 2.45) is 0 Å². The summed E-state index contributed by atoms with van der Waals surface area (Å²) in [6.07, 6.45) is 1.31. The van der Waals surface area contributed by atoms with Gasteiger partial charge >= 0.3 is 5.97 Å². The molecule has 1 unspecified atom stereocenters. The molecule has 1 atom stereocenters. The molecule has 0 aromatic rings. The van der Waals surface area contributed by atoms with Gasteiger partial charge < -0.3 is 9.47 Å². The maximum absolute atomic E-state index is 10.7. The first kappa shape index (κ1) is 8.53. The molecule has 1 fully saturated rings. The van der Waals surface area contributed by atoms with E-state index < -0.39 is 0 Å². The Bertz CT molecular complexity index is 155. The largest absolute Gasteiger partial charge is 0.457 e. The molecule has 1 rings (SSSR count). The van der Waals surface area contributed by atoms with Crippen LogP contribution < -0.4 is 0 Å². The van der Waals surface area contributed by atoms with E-state index in [0.29, 0.717) is 19.6 Å². The third kappa shape index (κ3) is 2.19. The van der Waals surface area contributed by atoms with E-state index in [4.69, 9.17) is 9.47 Å². The van der Waals surface area contributed by atoms with Crippen LogP contribution in [0.25, 0.3) is 0 Å². The molecule has 1 aliphatic rings. The molecule has 1 heterocycles. The summed E-state index contributed by atoms with van der Waals surface area (Å²) in [6, 6.07) is 0. The summed E-state index contributed by atoms with van der Waals surface area (Å²) < 4.78 is 10.3. The van der Waals surface area contributed by atoms with Gasteiger partial charge in [-0.15, -0.1) is 0 Å². The lowest BCUT2D eigenvalue weighted by atomic mass is 10.0. The first-order valence-electron chi connectivity index (χ1n) is 3.96. The van der Waals surface area contributed by atoms with E-state index in [2.05, 4.69) is 0 Å². The zero-order valence-corrected chi connectivity index (χ0v) is 7.05. The second kappa shape index (κ2) is 3.22. The van der Waals surface area contributed by atoms with E-state index in [1.54, 1.807) is 0 Å². The first-order valence-corrected chi connectivity index (χ1v) is 3.96. The van der Waals surface area contributed by atoms with Crippen molar-refractivity contribution >= 4 is 5.97 Å². The highest BCUT2D eigenvalue weighted by Crippen LogP contribution is 2.25. The van der Waals surface area contributed by atoms with E-state index in [1.807, 2.05) is 13.8 Å². The van der Waals surface area contributed by atoms with Gasteiger partial charge in [0, 0.05) is 13.0 Å². The van der Waals surface area contributed by atoms with Gasteiger partial charge in [0.15, 0.2) is 0 Å². The van der Waals surface area contributed by atoms with Crippen LogP contribution in [0.1, 0.15) is 26.7 Å². The normalized spacial score (nSPS) is 30.5. The highest BCUT2D eigenvalue weighted by molar-refractivity contribution is 5.72. The maximum atomic E-state index is 10.7. The number of carbonyl (C=O) groups excluding carboxylic acids is 1. The van der Waals surface area contributed by atoms with Crippen LogP contribution in [0.5, 0.6) is 0 Å². The SMILES string of the molecule is CCOCC1(C)CCC(=O)O1. The molecular formula is C8H14O3. The summed E-state index contributed by atoms with van der Waals surface area (Å²) in [6.45, 7) is 5.04. The lowest BCUT2D eigenvalue weighted by Crippen LogP contribution is -2.30. The lowest BCUT2D eigenvalue weighted by Gasteiger charge is -2.21. The van der Waals surface area contributed by atoms with E-state index in [1.165, 1.54) is 0 Å². The standard InChI is InChI=1S/C8H14O3/c1-3-10-6-8(2)5-4-7(9)11-8/h3-6H2,1-2H3. The van der Waals surface area contributed by atoms with Crippen molar-refractivity contribution in [1.29, 1.82) is 0 Å². The van der Waals surface area contributed by atoms with Crippen LogP contribution in [0.3, 0.4) is 0 Å². The minimum atomic E-state index is -0.354. The Labute approximate surface area is 66.7 Å². The fraction of sp³-hybridized carbons (Fsp3) is 0.875. The van der Waals surface area contributed by atoms with Crippen molar-refractivity contribution in [1.82, 2.24) is 0 Å². The van der Waals surface area contributed by atoms with Gasteiger partial charge in [-0.3, -0.25) is 4.79 Å². The van der Waals surface area contributed by atoms with E-state index in [-0.39, 0.29) is 11.6 Å². The summed E-state index contributed by atoms with van der Waals surface area (Å²) in [4.78, 5) is 10.7. The predicted octanol–water partition coefficient (Wildman–Crippen LogP) is 1.12. The number of rotatable bonds is 3. The molecule has 1 saturated heterocycles. The van der Waals surface area contributed by atoms with E-state index in [9.17, 15) is 4.79 Å². The second-order valence-electron chi connectivity index (χ2n) is 3.06. The number of carbonyl (C=O) groups is 1. The number of ether oxygens (including phenoxy) is 2. The third-order valence-electron chi connectivity index (χ3n) is 1.83. The molecule has 0 saturated carbocycles. The van der Waals surface area contributed by atoms with Crippen LogP contribution in [0.4, 0.5) is 0 Å². The van der Waals surface area contributed by atoms with Gasteiger partial charge in [0.2, 0.25) is 0 Å². The Hall–Kier alpha value is -0.570. The van der Waals surface area contributed by atoms with Crippen molar-refractivity contribution in [3.8, 4) is 0 Å². The molecule has 3 nitrogen and oxygen atoms in total. The molecule has 0 radical (unpaired) electrons. The summed E-state index contributed by atoms with van der Waals surface area (Å²) in [5, 5.41) is 0. The molecule has 64 valence electrons. The van der Waals surface area contributed by atoms with Gasteiger partial charge in [0.1, 0.15) is 5.60 Å². The predicted molar refractivity (Wildman–Crippen MR) is 40.2 cm³/mol. The van der Waals surface area contributed by atoms with Crippen molar-refractivity contribution in [2.75, 3.05) is 13.2 Å². The Kier molecular flexibility index (Phi) is 2.49. The molecular weight excluding hydrogens is 144 g/mol. The van der Waals surface area contributed by atoms with Gasteiger partial charge in [-0.05, 0) is 20.3 Å². The van der Waals surface area contributed by atoms with Crippen molar-refractivity contribution in [3.63, 3.8) is 0 Å². The van der Waals surface area contributed by atoms with E-state index in [0.717, 1.165) is 6.42 Å². The Morgan fingerprint density at radius 1 is 1.73 bits per heavy atom. The number of cyclic esters (lactones) is 1. The molecule has 0 amide bonds. The van der Waals surface area contributed by atoms with Gasteiger partial charge in [0.05, 0.1) is 6.61 Å². The van der Waals surface area contributed by atoms with Gasteiger partial charge in [0.25, 0.3) is 0 Å². The molecule has 0 aromatic carbocycles. The monoisotopic (exact) mass is 158 g/mol. The minimum absolute atomic E-state index is 0.104. The lowest BCUT2D eigenvalue weighted by molar-refractivity contribution is -0.151. The number of hydrogen-bond acceptors (Lipinski definition) is 3. The third-order valence-corrected chi connectivity index (χ3v) is 1.83. The van der Waals surface area contributed by atoms with Crippen molar-refractivity contribution in [2.45, 2.75) is 32.3 Å². The minimum Gasteiger partial charge on any atom is -0.457 e.